The average molecular weight is 488 g/mol. The minimum Gasteiger partial charge on any atom is -0.462 e. The molecule has 4 aromatic rings. The van der Waals surface area contributed by atoms with E-state index in [0.29, 0.717) is 11.3 Å². The number of carbonyl (C=O) groups excluding carboxylic acids is 3. The van der Waals surface area contributed by atoms with Gasteiger partial charge in [-0.3, -0.25) is 9.59 Å². The molecular formula is C27H25N3O6. The van der Waals surface area contributed by atoms with Crippen LogP contribution < -0.4 is 5.73 Å². The summed E-state index contributed by atoms with van der Waals surface area (Å²) in [6.07, 6.45) is -0.0876. The maximum Gasteiger partial charge on any atom is 0.342 e. The van der Waals surface area contributed by atoms with E-state index in [1.165, 1.54) is 0 Å². The summed E-state index contributed by atoms with van der Waals surface area (Å²) in [7, 11) is 0. The van der Waals surface area contributed by atoms with Crippen molar-refractivity contribution >= 4 is 34.6 Å². The number of nitrogens with two attached hydrogens (primary N) is 1. The van der Waals surface area contributed by atoms with Crippen molar-refractivity contribution < 1.29 is 28.3 Å². The van der Waals surface area contributed by atoms with Crippen molar-refractivity contribution in [3.05, 3.63) is 77.3 Å². The number of fused-ring (bicyclic) bond motifs is 1. The number of anilines is 1. The van der Waals surface area contributed by atoms with Crippen LogP contribution in [0.2, 0.25) is 0 Å². The standard InChI is InChI=1S/C27H25N3O6/c1-3-34-27(33)23-16(2)36-26-24(23)25(28)29-21(30-26)15-35-22(32)14-13-20(31)19-11-9-18(10-12-19)17-7-5-4-6-8-17/h4-12H,3,13-15H2,1-2H3,(H2,28,29,30). The minimum absolute atomic E-state index is 0.00578. The number of ketones is 1. The van der Waals surface area contributed by atoms with E-state index in [2.05, 4.69) is 9.97 Å². The zero-order chi connectivity index (χ0) is 25.7. The zero-order valence-corrected chi connectivity index (χ0v) is 19.9. The first-order chi connectivity index (χ1) is 17.4. The number of aryl methyl sites for hydroxylation is 1. The van der Waals surface area contributed by atoms with E-state index in [9.17, 15) is 14.4 Å². The summed E-state index contributed by atoms with van der Waals surface area (Å²) in [6, 6.07) is 17.1. The van der Waals surface area contributed by atoms with E-state index in [4.69, 9.17) is 19.6 Å². The van der Waals surface area contributed by atoms with Gasteiger partial charge in [0.1, 0.15) is 17.1 Å². The number of Topliss-reactive ketones (excluding diaryl/α,β-unsaturated/α-hetero) is 1. The molecule has 0 amide bonds. The Bertz CT molecular complexity index is 1410. The summed E-state index contributed by atoms with van der Waals surface area (Å²) >= 11 is 0. The Morgan fingerprint density at radius 1 is 0.917 bits per heavy atom. The van der Waals surface area contributed by atoms with Crippen molar-refractivity contribution in [1.82, 2.24) is 9.97 Å². The summed E-state index contributed by atoms with van der Waals surface area (Å²) in [5.41, 5.74) is 8.87. The number of nitrogen functional groups attached to an aromatic ring is 1. The second-order valence-corrected chi connectivity index (χ2v) is 7.99. The maximum absolute atomic E-state index is 12.5. The molecule has 0 saturated carbocycles. The van der Waals surface area contributed by atoms with Crippen molar-refractivity contribution in [3.8, 4) is 11.1 Å². The monoisotopic (exact) mass is 487 g/mol. The molecule has 36 heavy (non-hydrogen) atoms. The third-order valence-corrected chi connectivity index (χ3v) is 5.51. The molecule has 0 bridgehead atoms. The number of esters is 2. The van der Waals surface area contributed by atoms with Crippen LogP contribution in [0.4, 0.5) is 5.82 Å². The lowest BCUT2D eigenvalue weighted by Crippen LogP contribution is -2.11. The molecule has 0 atom stereocenters. The molecule has 0 saturated heterocycles. The normalized spacial score (nSPS) is 10.8. The van der Waals surface area contributed by atoms with Gasteiger partial charge in [-0.1, -0.05) is 54.6 Å². The molecule has 9 heteroatoms. The van der Waals surface area contributed by atoms with Gasteiger partial charge in [0.25, 0.3) is 0 Å². The van der Waals surface area contributed by atoms with Crippen LogP contribution in [0.3, 0.4) is 0 Å². The Morgan fingerprint density at radius 2 is 1.61 bits per heavy atom. The number of benzene rings is 2. The topological polar surface area (TPSA) is 135 Å². The van der Waals surface area contributed by atoms with E-state index >= 15 is 0 Å². The molecule has 2 aromatic carbocycles. The van der Waals surface area contributed by atoms with Gasteiger partial charge in [0.05, 0.1) is 18.4 Å². The molecular weight excluding hydrogens is 462 g/mol. The van der Waals surface area contributed by atoms with Crippen LogP contribution in [0, 0.1) is 6.92 Å². The first-order valence-corrected chi connectivity index (χ1v) is 11.4. The lowest BCUT2D eigenvalue weighted by molar-refractivity contribution is -0.145. The van der Waals surface area contributed by atoms with Crippen LogP contribution in [-0.2, 0) is 20.9 Å². The van der Waals surface area contributed by atoms with Gasteiger partial charge < -0.3 is 19.6 Å². The lowest BCUT2D eigenvalue weighted by Gasteiger charge is -2.06. The summed E-state index contributed by atoms with van der Waals surface area (Å²) < 4.78 is 15.8. The molecule has 0 aliphatic heterocycles. The van der Waals surface area contributed by atoms with E-state index < -0.39 is 11.9 Å². The second kappa shape index (κ2) is 10.8. The third kappa shape index (κ3) is 5.41. The Hall–Kier alpha value is -4.53. The van der Waals surface area contributed by atoms with Crippen molar-refractivity contribution in [2.24, 2.45) is 0 Å². The molecule has 0 radical (unpaired) electrons. The summed E-state index contributed by atoms with van der Waals surface area (Å²) in [4.78, 5) is 45.2. The van der Waals surface area contributed by atoms with Crippen LogP contribution in [0.15, 0.2) is 59.0 Å². The number of aromatic nitrogens is 2. The van der Waals surface area contributed by atoms with Crippen molar-refractivity contribution in [2.45, 2.75) is 33.3 Å². The van der Waals surface area contributed by atoms with E-state index in [-0.39, 0.29) is 60.1 Å². The highest BCUT2D eigenvalue weighted by Crippen LogP contribution is 2.29. The van der Waals surface area contributed by atoms with Gasteiger partial charge in [-0.05, 0) is 25.0 Å². The molecule has 4 rings (SSSR count). The molecule has 9 nitrogen and oxygen atoms in total. The summed E-state index contributed by atoms with van der Waals surface area (Å²) in [6.45, 7) is 3.23. The quantitative estimate of drug-likeness (QED) is 0.264. The molecule has 0 spiro atoms. The van der Waals surface area contributed by atoms with Crippen LogP contribution in [-0.4, -0.2) is 34.3 Å². The maximum atomic E-state index is 12.5. The first-order valence-electron chi connectivity index (χ1n) is 11.4. The first kappa shape index (κ1) is 24.6. The molecule has 0 fully saturated rings. The predicted octanol–water partition coefficient (Wildman–Crippen LogP) is 4.66. The molecule has 0 unspecified atom stereocenters. The predicted molar refractivity (Wildman–Crippen MR) is 132 cm³/mol. The lowest BCUT2D eigenvalue weighted by atomic mass is 10.0. The Balaban J connectivity index is 1.34. The largest absolute Gasteiger partial charge is 0.462 e. The molecule has 0 aliphatic carbocycles. The van der Waals surface area contributed by atoms with Crippen molar-refractivity contribution in [2.75, 3.05) is 12.3 Å². The van der Waals surface area contributed by atoms with Gasteiger partial charge in [-0.15, -0.1) is 0 Å². The molecule has 2 heterocycles. The SMILES string of the molecule is CCOC(=O)c1c(C)oc2nc(COC(=O)CCC(=O)c3ccc(-c4ccccc4)cc3)nc(N)c12. The fourth-order valence-corrected chi connectivity index (χ4v) is 3.75. The fraction of sp³-hybridized carbons (Fsp3) is 0.222. The third-order valence-electron chi connectivity index (χ3n) is 5.51. The minimum atomic E-state index is -0.581. The number of nitrogens with zero attached hydrogens (tertiary/aromatic N) is 2. The van der Waals surface area contributed by atoms with E-state index in [1.807, 2.05) is 42.5 Å². The van der Waals surface area contributed by atoms with Gasteiger partial charge in [0, 0.05) is 12.0 Å². The highest BCUT2D eigenvalue weighted by molar-refractivity contribution is 6.07. The Kier molecular flexibility index (Phi) is 7.39. The molecule has 2 N–H and O–H groups in total. The number of furan rings is 1. The smallest absolute Gasteiger partial charge is 0.342 e. The van der Waals surface area contributed by atoms with Crippen molar-refractivity contribution in [1.29, 1.82) is 0 Å². The van der Waals surface area contributed by atoms with Crippen molar-refractivity contribution in [3.63, 3.8) is 0 Å². The Morgan fingerprint density at radius 3 is 2.31 bits per heavy atom. The molecule has 0 aliphatic rings. The van der Waals surface area contributed by atoms with Gasteiger partial charge in [-0.2, -0.15) is 4.98 Å². The summed E-state index contributed by atoms with van der Waals surface area (Å²) in [5, 5.41) is 0.255. The fourth-order valence-electron chi connectivity index (χ4n) is 3.75. The number of hydrogen-bond donors (Lipinski definition) is 1. The highest BCUT2D eigenvalue weighted by atomic mass is 16.5. The Labute approximate surface area is 207 Å². The second-order valence-electron chi connectivity index (χ2n) is 7.99. The van der Waals surface area contributed by atoms with Gasteiger partial charge >= 0.3 is 11.9 Å². The van der Waals surface area contributed by atoms with Gasteiger partial charge in [-0.25, -0.2) is 9.78 Å². The summed E-state index contributed by atoms with van der Waals surface area (Å²) in [5.74, 6) is -0.891. The number of rotatable bonds is 9. The van der Waals surface area contributed by atoms with E-state index in [0.717, 1.165) is 11.1 Å². The molecule has 184 valence electrons. The number of ether oxygens (including phenoxy) is 2. The van der Waals surface area contributed by atoms with Gasteiger partial charge in [0.2, 0.25) is 5.71 Å². The average Bonchev–Trinajstić information content (AvgIpc) is 3.23. The zero-order valence-electron chi connectivity index (χ0n) is 19.9. The van der Waals surface area contributed by atoms with Gasteiger partial charge in [0.15, 0.2) is 18.2 Å². The van der Waals surface area contributed by atoms with Crippen LogP contribution in [0.25, 0.3) is 22.2 Å². The highest BCUT2D eigenvalue weighted by Gasteiger charge is 2.24. The van der Waals surface area contributed by atoms with Crippen LogP contribution >= 0.6 is 0 Å². The molecule has 2 aromatic heterocycles. The van der Waals surface area contributed by atoms with Crippen LogP contribution in [0.1, 0.15) is 52.1 Å². The number of hydrogen-bond acceptors (Lipinski definition) is 9. The number of carbonyl (C=O) groups is 3. The van der Waals surface area contributed by atoms with Crippen LogP contribution in [0.5, 0.6) is 0 Å². The van der Waals surface area contributed by atoms with E-state index in [1.54, 1.807) is 26.0 Å².